The number of carbonyl (C=O) groups is 1. The average molecular weight is 338 g/mol. The number of amides is 1. The number of halogens is 3. The van der Waals surface area contributed by atoms with Crippen molar-refractivity contribution in [3.8, 4) is 0 Å². The molecule has 4 nitrogen and oxygen atoms in total. The maximum absolute atomic E-state index is 13.4. The van der Waals surface area contributed by atoms with E-state index < -0.39 is 29.0 Å². The molecule has 23 heavy (non-hydrogen) atoms. The molecule has 0 atom stereocenters. The third-order valence-corrected chi connectivity index (χ3v) is 3.70. The smallest absolute Gasteiger partial charge is 0.257 e. The highest BCUT2D eigenvalue weighted by Crippen LogP contribution is 2.24. The molecule has 1 amide bonds. The van der Waals surface area contributed by atoms with Gasteiger partial charge >= 0.3 is 0 Å². The summed E-state index contributed by atoms with van der Waals surface area (Å²) in [6, 6.07) is 8.06. The van der Waals surface area contributed by atoms with Crippen LogP contribution in [0.2, 0.25) is 0 Å². The van der Waals surface area contributed by atoms with Gasteiger partial charge in [-0.05, 0) is 12.1 Å². The zero-order chi connectivity index (χ0) is 16.4. The molecule has 3 rings (SSSR count). The van der Waals surface area contributed by atoms with Crippen LogP contribution in [0.15, 0.2) is 46.0 Å². The van der Waals surface area contributed by atoms with Crippen LogP contribution in [0.4, 0.5) is 18.9 Å². The second kappa shape index (κ2) is 6.33. The van der Waals surface area contributed by atoms with Gasteiger partial charge in [0.05, 0.1) is 5.75 Å². The largest absolute Gasteiger partial charge is 0.431 e. The van der Waals surface area contributed by atoms with Gasteiger partial charge in [0.2, 0.25) is 5.91 Å². The number of carbonyl (C=O) groups excluding carboxylic acids is 1. The van der Waals surface area contributed by atoms with E-state index in [1.807, 2.05) is 0 Å². The van der Waals surface area contributed by atoms with Crippen LogP contribution in [0.3, 0.4) is 0 Å². The molecule has 3 aromatic rings. The van der Waals surface area contributed by atoms with Crippen LogP contribution in [0.1, 0.15) is 0 Å². The molecule has 1 N–H and O–H groups in total. The Morgan fingerprint density at radius 3 is 2.57 bits per heavy atom. The standard InChI is InChI=1S/C15H9F3N2O2S/c16-8-5-9(17)14(10(18)6-8)20-13(21)7-23-15-19-11-3-1-2-4-12(11)22-15/h1-6H,7H2,(H,20,21). The van der Waals surface area contributed by atoms with Crippen molar-refractivity contribution in [3.63, 3.8) is 0 Å². The lowest BCUT2D eigenvalue weighted by Crippen LogP contribution is -2.16. The lowest BCUT2D eigenvalue weighted by atomic mass is 10.3. The molecule has 118 valence electrons. The quantitative estimate of drug-likeness (QED) is 0.731. The van der Waals surface area contributed by atoms with Crippen molar-refractivity contribution in [2.24, 2.45) is 0 Å². The molecule has 0 unspecified atom stereocenters. The molecular weight excluding hydrogens is 329 g/mol. The minimum absolute atomic E-state index is 0.164. The normalized spacial score (nSPS) is 10.9. The van der Waals surface area contributed by atoms with E-state index in [-0.39, 0.29) is 11.0 Å². The lowest BCUT2D eigenvalue weighted by molar-refractivity contribution is -0.113. The first-order chi connectivity index (χ1) is 11.0. The first-order valence-corrected chi connectivity index (χ1v) is 7.44. The third-order valence-electron chi connectivity index (χ3n) is 2.87. The predicted molar refractivity (Wildman–Crippen MR) is 79.7 cm³/mol. The number of thioether (sulfide) groups is 1. The van der Waals surface area contributed by atoms with Crippen LogP contribution in [-0.2, 0) is 4.79 Å². The number of benzene rings is 2. The molecule has 2 aromatic carbocycles. The highest BCUT2D eigenvalue weighted by Gasteiger charge is 2.15. The van der Waals surface area contributed by atoms with Gasteiger partial charge in [0.25, 0.3) is 5.22 Å². The van der Waals surface area contributed by atoms with Crippen LogP contribution in [0, 0.1) is 17.5 Å². The third kappa shape index (κ3) is 3.48. The van der Waals surface area contributed by atoms with Crippen molar-refractivity contribution in [1.82, 2.24) is 4.98 Å². The molecule has 1 aromatic heterocycles. The maximum Gasteiger partial charge on any atom is 0.257 e. The Balaban J connectivity index is 1.66. The zero-order valence-electron chi connectivity index (χ0n) is 11.5. The number of fused-ring (bicyclic) bond motifs is 1. The fourth-order valence-electron chi connectivity index (χ4n) is 1.88. The molecule has 0 fully saturated rings. The van der Waals surface area contributed by atoms with E-state index in [1.54, 1.807) is 24.3 Å². The van der Waals surface area contributed by atoms with Crippen LogP contribution in [0.5, 0.6) is 0 Å². The fourth-order valence-corrected chi connectivity index (χ4v) is 2.52. The van der Waals surface area contributed by atoms with E-state index in [2.05, 4.69) is 10.3 Å². The summed E-state index contributed by atoms with van der Waals surface area (Å²) in [7, 11) is 0. The highest BCUT2D eigenvalue weighted by atomic mass is 32.2. The number of nitrogens with one attached hydrogen (secondary N) is 1. The second-order valence-electron chi connectivity index (χ2n) is 4.53. The van der Waals surface area contributed by atoms with Gasteiger partial charge in [-0.3, -0.25) is 4.79 Å². The molecule has 8 heteroatoms. The van der Waals surface area contributed by atoms with E-state index in [4.69, 9.17) is 4.42 Å². The molecule has 0 aliphatic heterocycles. The lowest BCUT2D eigenvalue weighted by Gasteiger charge is -2.06. The van der Waals surface area contributed by atoms with Gasteiger partial charge in [-0.1, -0.05) is 23.9 Å². The van der Waals surface area contributed by atoms with Crippen molar-refractivity contribution in [1.29, 1.82) is 0 Å². The predicted octanol–water partition coefficient (Wildman–Crippen LogP) is 3.98. The number of nitrogens with zero attached hydrogens (tertiary/aromatic N) is 1. The number of hydrogen-bond acceptors (Lipinski definition) is 4. The van der Waals surface area contributed by atoms with Gasteiger partial charge in [0, 0.05) is 12.1 Å². The van der Waals surface area contributed by atoms with Gasteiger partial charge in [-0.2, -0.15) is 0 Å². The Morgan fingerprint density at radius 1 is 1.17 bits per heavy atom. The van der Waals surface area contributed by atoms with Crippen molar-refractivity contribution < 1.29 is 22.4 Å². The van der Waals surface area contributed by atoms with Crippen LogP contribution < -0.4 is 5.32 Å². The highest BCUT2D eigenvalue weighted by molar-refractivity contribution is 7.99. The number of para-hydroxylation sites is 2. The van der Waals surface area contributed by atoms with Crippen molar-refractivity contribution in [2.75, 3.05) is 11.1 Å². The van der Waals surface area contributed by atoms with Crippen LogP contribution >= 0.6 is 11.8 Å². The Morgan fingerprint density at radius 2 is 1.87 bits per heavy atom. The molecular formula is C15H9F3N2O2S. The molecule has 0 radical (unpaired) electrons. The maximum atomic E-state index is 13.4. The van der Waals surface area contributed by atoms with E-state index in [0.717, 1.165) is 11.8 Å². The number of aromatic nitrogens is 1. The van der Waals surface area contributed by atoms with Crippen molar-refractivity contribution in [3.05, 3.63) is 53.8 Å². The Labute approximate surface area is 132 Å². The molecule has 0 bridgehead atoms. The number of rotatable bonds is 4. The minimum atomic E-state index is -1.18. The number of oxazole rings is 1. The summed E-state index contributed by atoms with van der Waals surface area (Å²) >= 11 is 0.980. The monoisotopic (exact) mass is 338 g/mol. The van der Waals surface area contributed by atoms with Crippen molar-refractivity contribution >= 4 is 34.5 Å². The molecule has 1 heterocycles. The summed E-state index contributed by atoms with van der Waals surface area (Å²) < 4.78 is 45.1. The first kappa shape index (κ1) is 15.4. The van der Waals surface area contributed by atoms with Gasteiger partial charge < -0.3 is 9.73 Å². The summed E-state index contributed by atoms with van der Waals surface area (Å²) in [6.45, 7) is 0. The fraction of sp³-hybridized carbons (Fsp3) is 0.0667. The Bertz CT molecular complexity index is 826. The van der Waals surface area contributed by atoms with E-state index in [9.17, 15) is 18.0 Å². The Hall–Kier alpha value is -2.48. The second-order valence-corrected chi connectivity index (χ2v) is 5.46. The first-order valence-electron chi connectivity index (χ1n) is 6.45. The van der Waals surface area contributed by atoms with Gasteiger partial charge in [0.1, 0.15) is 17.0 Å². The Kier molecular flexibility index (Phi) is 4.24. The van der Waals surface area contributed by atoms with Gasteiger partial charge in [-0.15, -0.1) is 0 Å². The summed E-state index contributed by atoms with van der Waals surface area (Å²) in [4.78, 5) is 15.9. The average Bonchev–Trinajstić information content (AvgIpc) is 2.91. The zero-order valence-corrected chi connectivity index (χ0v) is 12.3. The van der Waals surface area contributed by atoms with Crippen LogP contribution in [-0.4, -0.2) is 16.6 Å². The molecule has 0 saturated heterocycles. The summed E-state index contributed by atoms with van der Waals surface area (Å²) in [6.07, 6.45) is 0. The molecule has 0 aliphatic rings. The molecule has 0 spiro atoms. The van der Waals surface area contributed by atoms with E-state index in [1.165, 1.54) is 0 Å². The molecule has 0 saturated carbocycles. The molecule has 0 aliphatic carbocycles. The SMILES string of the molecule is O=C(CSc1nc2ccccc2o1)Nc1c(F)cc(F)cc1F. The van der Waals surface area contributed by atoms with E-state index >= 15 is 0 Å². The van der Waals surface area contributed by atoms with E-state index in [0.29, 0.717) is 23.2 Å². The number of hydrogen-bond donors (Lipinski definition) is 1. The van der Waals surface area contributed by atoms with Crippen LogP contribution in [0.25, 0.3) is 11.1 Å². The summed E-state index contributed by atoms with van der Waals surface area (Å²) in [5.74, 6) is -4.24. The van der Waals surface area contributed by atoms with Gasteiger partial charge in [0.15, 0.2) is 17.2 Å². The summed E-state index contributed by atoms with van der Waals surface area (Å²) in [5, 5.41) is 2.33. The minimum Gasteiger partial charge on any atom is -0.431 e. The number of anilines is 1. The summed E-state index contributed by atoms with van der Waals surface area (Å²) in [5.41, 5.74) is 0.534. The topological polar surface area (TPSA) is 55.1 Å². The van der Waals surface area contributed by atoms with Crippen molar-refractivity contribution in [2.45, 2.75) is 5.22 Å². The van der Waals surface area contributed by atoms with Gasteiger partial charge in [-0.25, -0.2) is 18.2 Å².